The Morgan fingerprint density at radius 1 is 0.279 bits per heavy atom. The molecule has 2 saturated carbocycles. The number of hydrogen-bond acceptors (Lipinski definition) is 10. The minimum atomic E-state index is -2.43. The number of furan rings is 5. The van der Waals surface area contributed by atoms with Crippen molar-refractivity contribution in [2.24, 2.45) is 35.2 Å². The Kier molecular flexibility index (Phi) is 21.0. The second-order valence-corrected chi connectivity index (χ2v) is 38.2. The number of aromatic nitrogens is 10. The lowest BCUT2D eigenvalue weighted by Crippen LogP contribution is -2.31. The van der Waals surface area contributed by atoms with Crippen molar-refractivity contribution < 1.29 is 53.1 Å². The minimum absolute atomic E-state index is 0.452. The van der Waals surface area contributed by atoms with Gasteiger partial charge in [-0.05, 0) is 262 Å². The van der Waals surface area contributed by atoms with Crippen LogP contribution in [0.3, 0.4) is 0 Å². The first-order valence-corrected chi connectivity index (χ1v) is 48.5. The number of para-hydroxylation sites is 5. The number of rotatable bonds is 8. The average molecular weight is 1840 g/mol. The second kappa shape index (κ2) is 36.2. The summed E-state index contributed by atoms with van der Waals surface area (Å²) in [5.41, 5.74) is 33.2. The molecule has 15 aromatic heterocycles. The van der Waals surface area contributed by atoms with Gasteiger partial charge in [-0.3, -0.25) is 0 Å². The highest BCUT2D eigenvalue weighted by Crippen LogP contribution is 2.44. The van der Waals surface area contributed by atoms with Crippen molar-refractivity contribution in [3.8, 4) is 56.3 Å². The van der Waals surface area contributed by atoms with Crippen LogP contribution in [0.2, 0.25) is 0 Å². The van der Waals surface area contributed by atoms with Gasteiger partial charge in [0.1, 0.15) is 63.2 Å². The van der Waals surface area contributed by atoms with Crippen LogP contribution in [0.5, 0.6) is 0 Å². The molecule has 0 bridgehead atoms. The molecule has 140 heavy (non-hydrogen) atoms. The molecule has 686 valence electrons. The van der Waals surface area contributed by atoms with E-state index in [1.54, 1.807) is 6.07 Å². The van der Waals surface area contributed by atoms with Gasteiger partial charge in [-0.1, -0.05) is 137 Å². The van der Waals surface area contributed by atoms with Gasteiger partial charge in [0.25, 0.3) is 0 Å². The van der Waals surface area contributed by atoms with E-state index < -0.39 is 24.5 Å². The van der Waals surface area contributed by atoms with Crippen LogP contribution in [0.15, 0.2) is 332 Å². The number of aryl methyl sites for hydroxylation is 11. The standard InChI is InChI=1S/C28H27N2O.C27H25N2O.C25H23N2O.C23H19N2O.C22H17N2O/c1-18-14-27-23(24-15-21-10-6-7-11-25(21)29-28(24)31-27)17-22(18)26-16-20(12-13-30(26)2)19-8-4-3-5-9-19;1-17-13-26-22(23-14-20-9-5-6-10-24(20)28-27(23)30-26)16-21(17)25-15-19(11-12-29(25)2)18-7-3-4-8-18;1-15(2)17-9-10-27(4)23(13-17)19-14-20-21-12-18-7-5-6-8-22(18)26-25(21)28-24(20)11-16(19)3;1-14-8-9-25(3)21(10-14)17-13-18-19-12-16-6-4-5-7-20(16)24-23(19)26-22(18)11-15(17)2;1-14-11-21-17(13-16(14)20-9-5-6-10-24(20)2)18-12-15-7-3-4-8-19(15)23-22(18)25-21/h6-7,10-17,19H,3-5,8-9H2,1-2H3;5-6,9-16,18H,3-4,7-8H2,1-2H3;5-15H,1-4H3;4-13H,1-3H3;3-13H,1-2H3/q5*+1/i19D;18D;1D3,15D;;. The van der Waals surface area contributed by atoms with Gasteiger partial charge < -0.3 is 22.1 Å². The van der Waals surface area contributed by atoms with Crippen molar-refractivity contribution in [2.75, 3.05) is 0 Å². The molecule has 15 nitrogen and oxygen atoms in total. The molecular weight excluding hydrogens is 1720 g/mol. The van der Waals surface area contributed by atoms with Crippen LogP contribution in [-0.2, 0) is 35.2 Å². The molecule has 0 N–H and O–H groups in total. The van der Waals surface area contributed by atoms with Crippen LogP contribution in [0.25, 0.3) is 221 Å². The first kappa shape index (κ1) is 81.2. The zero-order chi connectivity index (χ0) is 101. The summed E-state index contributed by atoms with van der Waals surface area (Å²) >= 11 is 0. The van der Waals surface area contributed by atoms with E-state index in [0.29, 0.717) is 34.1 Å². The van der Waals surface area contributed by atoms with Gasteiger partial charge in [0, 0.05) is 177 Å². The van der Waals surface area contributed by atoms with Crippen molar-refractivity contribution in [1.82, 2.24) is 24.9 Å². The predicted octanol–water partition coefficient (Wildman–Crippen LogP) is 29.8. The molecule has 1 atom stereocenters. The van der Waals surface area contributed by atoms with Crippen molar-refractivity contribution in [1.29, 1.82) is 0 Å². The van der Waals surface area contributed by atoms with Gasteiger partial charge in [0.15, 0.2) is 31.0 Å². The normalized spacial score (nSPS) is 14.8. The quantitative estimate of drug-likeness (QED) is 0.135. The number of nitrogens with zero attached hydrogens (tertiary/aromatic N) is 10. The van der Waals surface area contributed by atoms with Gasteiger partial charge in [-0.2, -0.15) is 0 Å². The fourth-order valence-corrected chi connectivity index (χ4v) is 20.9. The molecule has 2 aliphatic rings. The molecule has 0 radical (unpaired) electrons. The Morgan fingerprint density at radius 2 is 0.550 bits per heavy atom. The lowest BCUT2D eigenvalue weighted by atomic mass is 9.84. The lowest BCUT2D eigenvalue weighted by Gasteiger charge is -2.21. The van der Waals surface area contributed by atoms with Crippen molar-refractivity contribution >= 4 is 165 Å². The van der Waals surface area contributed by atoms with E-state index >= 15 is 0 Å². The van der Waals surface area contributed by atoms with Crippen molar-refractivity contribution in [2.45, 2.75) is 131 Å². The highest BCUT2D eigenvalue weighted by molar-refractivity contribution is 6.14. The molecule has 1 unspecified atom stereocenters. The molecule has 27 rings (SSSR count). The van der Waals surface area contributed by atoms with E-state index in [-0.39, 0.29) is 0 Å². The molecule has 0 spiro atoms. The Balaban J connectivity index is 0.000000101. The summed E-state index contributed by atoms with van der Waals surface area (Å²) in [7, 11) is 10.2. The molecule has 0 saturated heterocycles. The highest BCUT2D eigenvalue weighted by atomic mass is 16.4. The molecule has 15 heterocycles. The fourth-order valence-electron chi connectivity index (χ4n) is 20.9. The van der Waals surface area contributed by atoms with Crippen molar-refractivity contribution in [3.63, 3.8) is 0 Å². The van der Waals surface area contributed by atoms with E-state index in [4.69, 9.17) is 50.2 Å². The topological polar surface area (TPSA) is 150 Å². The SMILES string of the molecule is Cc1cc2oc3nc4ccccc4cc3c2cc1-c1cccc[n+]1C.Cc1cc[n+](C)c(-c2cc3c(cc2C)oc2nc4ccccc4cc23)c1.[2H]C([2H])([2H])C([2H])(C)c1cc[n+](C)c(-c2cc3c(cc2C)oc2nc4ccccc4cc23)c1.[2H]C1(c2cc[n+](C)c(-c3cc4c(cc3C)oc3nc5ccccc5cc34)c2)CCCC1.[2H]C1(c2cc[n+](C)c(-c3cc4c(cc3C)oc3nc5ccccc5cc34)c2)CCCCC1. The summed E-state index contributed by atoms with van der Waals surface area (Å²) in [5, 5.41) is 16.0. The Hall–Kier alpha value is -16.0. The Morgan fingerprint density at radius 3 is 0.871 bits per heavy atom. The van der Waals surface area contributed by atoms with Crippen LogP contribution < -0.4 is 22.8 Å². The number of benzene rings is 10. The van der Waals surface area contributed by atoms with Gasteiger partial charge in [-0.25, -0.2) is 47.8 Å². The van der Waals surface area contributed by atoms with Gasteiger partial charge in [0.2, 0.25) is 57.0 Å². The zero-order valence-electron chi connectivity index (χ0n) is 86.8. The summed E-state index contributed by atoms with van der Waals surface area (Å²) < 4.78 is 91.0. The lowest BCUT2D eigenvalue weighted by molar-refractivity contribution is -0.660. The van der Waals surface area contributed by atoms with Crippen LogP contribution >= 0.6 is 0 Å². The first-order valence-electron chi connectivity index (χ1n) is 51.5. The number of pyridine rings is 10. The van der Waals surface area contributed by atoms with E-state index in [1.165, 1.54) is 63.7 Å². The van der Waals surface area contributed by atoms with E-state index in [9.17, 15) is 0 Å². The maximum absolute atomic E-state index is 9.10. The first-order chi connectivity index (χ1) is 70.4. The maximum atomic E-state index is 9.10. The molecular formula is C125H111N10O5+5. The molecule has 0 aliphatic heterocycles. The maximum Gasteiger partial charge on any atom is 0.227 e. The largest absolute Gasteiger partial charge is 0.438 e. The smallest absolute Gasteiger partial charge is 0.227 e. The summed E-state index contributed by atoms with van der Waals surface area (Å²) in [6, 6.07) is 95.7. The third-order valence-electron chi connectivity index (χ3n) is 28.7. The number of fused-ring (bicyclic) bond motifs is 20. The fraction of sp³-hybridized carbons (Fsp3) is 0.200. The van der Waals surface area contributed by atoms with E-state index in [1.807, 2.05) is 140 Å². The summed E-state index contributed by atoms with van der Waals surface area (Å²) in [4.78, 5) is 23.6. The highest BCUT2D eigenvalue weighted by Gasteiger charge is 2.29. The van der Waals surface area contributed by atoms with Crippen molar-refractivity contribution in [3.05, 3.63) is 360 Å². The summed E-state index contributed by atoms with van der Waals surface area (Å²) in [6.07, 6.45) is 19.8. The molecule has 2 aliphatic carbocycles. The van der Waals surface area contributed by atoms with Crippen LogP contribution in [0.4, 0.5) is 0 Å². The molecule has 25 aromatic rings. The summed E-state index contributed by atoms with van der Waals surface area (Å²) in [6.45, 7) is 11.7. The summed E-state index contributed by atoms with van der Waals surface area (Å²) in [5.74, 6) is -2.63. The minimum Gasteiger partial charge on any atom is -0.438 e. The molecule has 0 amide bonds. The monoisotopic (exact) mass is 1840 g/mol. The average Bonchev–Trinajstić information content (AvgIpc) is 1.60. The predicted molar refractivity (Wildman–Crippen MR) is 568 cm³/mol. The Labute approximate surface area is 820 Å². The molecule has 2 fully saturated rings. The van der Waals surface area contributed by atoms with Crippen LogP contribution in [0, 0.1) is 41.5 Å². The number of hydrogen-bond donors (Lipinski definition) is 0. The third kappa shape index (κ3) is 16.5. The van der Waals surface area contributed by atoms with E-state index in [0.717, 1.165) is 238 Å². The zero-order valence-corrected chi connectivity index (χ0v) is 80.8. The Bertz CT molecular complexity index is 9620. The molecule has 15 heteroatoms. The van der Waals surface area contributed by atoms with Gasteiger partial charge in [-0.15, -0.1) is 0 Å². The van der Waals surface area contributed by atoms with Gasteiger partial charge in [0.05, 0.1) is 27.6 Å². The third-order valence-corrected chi connectivity index (χ3v) is 28.7. The molecule has 10 aromatic carbocycles. The van der Waals surface area contributed by atoms with Crippen LogP contribution in [-0.4, -0.2) is 24.9 Å². The van der Waals surface area contributed by atoms with Crippen LogP contribution in [0.1, 0.15) is 148 Å². The van der Waals surface area contributed by atoms with E-state index in [2.05, 4.69) is 269 Å². The second-order valence-electron chi connectivity index (χ2n) is 38.2. The van der Waals surface area contributed by atoms with Gasteiger partial charge >= 0.3 is 0 Å².